The van der Waals surface area contributed by atoms with E-state index < -0.39 is 11.4 Å². The molecule has 0 aromatic carbocycles. The van der Waals surface area contributed by atoms with Gasteiger partial charge in [-0.2, -0.15) is 0 Å². The standard InChI is InChI=1S/C9H17N3O2/c1-9(4-2-5-12-9)8(14)11-6-3-7(10)13/h12H,2-6H2,1H3,(H2,10,13)(H,11,14). The summed E-state index contributed by atoms with van der Waals surface area (Å²) in [4.78, 5) is 22.1. The van der Waals surface area contributed by atoms with Crippen LogP contribution in [0.3, 0.4) is 0 Å². The van der Waals surface area contributed by atoms with Crippen LogP contribution in [-0.4, -0.2) is 30.4 Å². The number of carbonyl (C=O) groups excluding carboxylic acids is 2. The second-order valence-electron chi connectivity index (χ2n) is 3.83. The molecular formula is C9H17N3O2. The minimum atomic E-state index is -0.461. The normalized spacial score (nSPS) is 26.1. The summed E-state index contributed by atoms with van der Waals surface area (Å²) < 4.78 is 0. The van der Waals surface area contributed by atoms with Crippen LogP contribution in [0.2, 0.25) is 0 Å². The minimum absolute atomic E-state index is 0.0451. The maximum Gasteiger partial charge on any atom is 0.240 e. The van der Waals surface area contributed by atoms with Crippen molar-refractivity contribution in [1.29, 1.82) is 0 Å². The second-order valence-corrected chi connectivity index (χ2v) is 3.83. The van der Waals surface area contributed by atoms with Crippen molar-refractivity contribution in [3.8, 4) is 0 Å². The molecule has 1 rings (SSSR count). The first-order valence-electron chi connectivity index (χ1n) is 4.86. The van der Waals surface area contributed by atoms with Crippen molar-refractivity contribution in [2.75, 3.05) is 13.1 Å². The lowest BCUT2D eigenvalue weighted by atomic mass is 9.99. The topological polar surface area (TPSA) is 84.2 Å². The van der Waals surface area contributed by atoms with Crippen LogP contribution < -0.4 is 16.4 Å². The van der Waals surface area contributed by atoms with E-state index in [9.17, 15) is 9.59 Å². The van der Waals surface area contributed by atoms with Gasteiger partial charge in [0.1, 0.15) is 0 Å². The van der Waals surface area contributed by atoms with Gasteiger partial charge in [-0.3, -0.25) is 9.59 Å². The van der Waals surface area contributed by atoms with Crippen molar-refractivity contribution in [2.45, 2.75) is 31.7 Å². The number of primary amides is 1. The monoisotopic (exact) mass is 199 g/mol. The van der Waals surface area contributed by atoms with Crippen LogP contribution in [-0.2, 0) is 9.59 Å². The number of nitrogens with one attached hydrogen (secondary N) is 2. The van der Waals surface area contributed by atoms with Gasteiger partial charge in [0.05, 0.1) is 5.54 Å². The van der Waals surface area contributed by atoms with E-state index in [4.69, 9.17) is 5.73 Å². The molecule has 0 saturated carbocycles. The van der Waals surface area contributed by atoms with Gasteiger partial charge in [-0.25, -0.2) is 0 Å². The molecule has 1 fully saturated rings. The fraction of sp³-hybridized carbons (Fsp3) is 0.778. The van der Waals surface area contributed by atoms with Gasteiger partial charge in [0.15, 0.2) is 0 Å². The van der Waals surface area contributed by atoms with Gasteiger partial charge < -0.3 is 16.4 Å². The Morgan fingerprint density at radius 1 is 1.57 bits per heavy atom. The fourth-order valence-corrected chi connectivity index (χ4v) is 1.58. The largest absolute Gasteiger partial charge is 0.370 e. The van der Waals surface area contributed by atoms with Crippen LogP contribution in [0.15, 0.2) is 0 Å². The number of amides is 2. The Kier molecular flexibility index (Phi) is 3.46. The summed E-state index contributed by atoms with van der Waals surface area (Å²) in [5.74, 6) is -0.439. The molecule has 2 amide bonds. The third-order valence-corrected chi connectivity index (χ3v) is 2.53. The maximum absolute atomic E-state index is 11.6. The summed E-state index contributed by atoms with van der Waals surface area (Å²) in [5.41, 5.74) is 4.50. The van der Waals surface area contributed by atoms with Crippen molar-refractivity contribution in [1.82, 2.24) is 10.6 Å². The molecule has 0 radical (unpaired) electrons. The molecule has 1 atom stereocenters. The molecule has 4 N–H and O–H groups in total. The molecule has 5 nitrogen and oxygen atoms in total. The number of hydrogen-bond donors (Lipinski definition) is 3. The molecule has 0 aliphatic carbocycles. The van der Waals surface area contributed by atoms with E-state index in [2.05, 4.69) is 10.6 Å². The van der Waals surface area contributed by atoms with Crippen molar-refractivity contribution < 1.29 is 9.59 Å². The molecular weight excluding hydrogens is 182 g/mol. The number of nitrogens with two attached hydrogens (primary N) is 1. The van der Waals surface area contributed by atoms with Crippen molar-refractivity contribution in [2.24, 2.45) is 5.73 Å². The highest BCUT2D eigenvalue weighted by molar-refractivity contribution is 5.86. The summed E-state index contributed by atoms with van der Waals surface area (Å²) >= 11 is 0. The highest BCUT2D eigenvalue weighted by Crippen LogP contribution is 2.18. The number of carbonyl (C=O) groups is 2. The molecule has 1 heterocycles. The van der Waals surface area contributed by atoms with Crippen molar-refractivity contribution in [3.05, 3.63) is 0 Å². The van der Waals surface area contributed by atoms with E-state index >= 15 is 0 Å². The summed E-state index contributed by atoms with van der Waals surface area (Å²) in [6, 6.07) is 0. The number of hydrogen-bond acceptors (Lipinski definition) is 3. The summed E-state index contributed by atoms with van der Waals surface area (Å²) in [6.07, 6.45) is 2.05. The molecule has 0 aromatic heterocycles. The first-order valence-corrected chi connectivity index (χ1v) is 4.86. The van der Waals surface area contributed by atoms with Gasteiger partial charge in [0, 0.05) is 13.0 Å². The third kappa shape index (κ3) is 2.70. The lowest BCUT2D eigenvalue weighted by Gasteiger charge is -2.22. The lowest BCUT2D eigenvalue weighted by molar-refractivity contribution is -0.126. The SMILES string of the molecule is CC1(C(=O)NCCC(N)=O)CCCN1. The van der Waals surface area contributed by atoms with Crippen LogP contribution in [0, 0.1) is 0 Å². The van der Waals surface area contributed by atoms with Crippen LogP contribution >= 0.6 is 0 Å². The zero-order chi connectivity index (χ0) is 10.6. The van der Waals surface area contributed by atoms with Gasteiger partial charge in [-0.05, 0) is 26.3 Å². The molecule has 1 saturated heterocycles. The molecule has 1 aliphatic heterocycles. The van der Waals surface area contributed by atoms with E-state index in [1.54, 1.807) is 0 Å². The van der Waals surface area contributed by atoms with Crippen LogP contribution in [0.5, 0.6) is 0 Å². The van der Waals surface area contributed by atoms with E-state index in [1.165, 1.54) is 0 Å². The predicted molar refractivity (Wildman–Crippen MR) is 52.5 cm³/mol. The molecule has 0 aromatic rings. The minimum Gasteiger partial charge on any atom is -0.370 e. The van der Waals surface area contributed by atoms with Crippen LogP contribution in [0.4, 0.5) is 0 Å². The van der Waals surface area contributed by atoms with Gasteiger partial charge in [-0.15, -0.1) is 0 Å². The molecule has 80 valence electrons. The first kappa shape index (κ1) is 11.0. The van der Waals surface area contributed by atoms with Crippen LogP contribution in [0.1, 0.15) is 26.2 Å². The summed E-state index contributed by atoms with van der Waals surface area (Å²) in [7, 11) is 0. The Morgan fingerprint density at radius 3 is 2.79 bits per heavy atom. The Balaban J connectivity index is 2.30. The smallest absolute Gasteiger partial charge is 0.240 e. The molecule has 14 heavy (non-hydrogen) atoms. The van der Waals surface area contributed by atoms with Crippen molar-refractivity contribution >= 4 is 11.8 Å². The van der Waals surface area contributed by atoms with E-state index in [-0.39, 0.29) is 12.3 Å². The predicted octanol–water partition coefficient (Wildman–Crippen LogP) is -0.880. The Bertz CT molecular complexity index is 234. The quantitative estimate of drug-likeness (QED) is 0.549. The molecule has 0 spiro atoms. The van der Waals surface area contributed by atoms with Gasteiger partial charge in [0.25, 0.3) is 0 Å². The van der Waals surface area contributed by atoms with E-state index in [0.717, 1.165) is 19.4 Å². The highest BCUT2D eigenvalue weighted by atomic mass is 16.2. The number of rotatable bonds is 4. The Labute approximate surface area is 83.4 Å². The molecule has 0 bridgehead atoms. The molecule has 1 unspecified atom stereocenters. The molecule has 5 heteroatoms. The maximum atomic E-state index is 11.6. The fourth-order valence-electron chi connectivity index (χ4n) is 1.58. The van der Waals surface area contributed by atoms with Crippen LogP contribution in [0.25, 0.3) is 0 Å². The average molecular weight is 199 g/mol. The Morgan fingerprint density at radius 2 is 2.29 bits per heavy atom. The molecule has 1 aliphatic rings. The van der Waals surface area contributed by atoms with Gasteiger partial charge >= 0.3 is 0 Å². The summed E-state index contributed by atoms with van der Waals surface area (Å²) in [6.45, 7) is 3.07. The van der Waals surface area contributed by atoms with Crippen molar-refractivity contribution in [3.63, 3.8) is 0 Å². The third-order valence-electron chi connectivity index (χ3n) is 2.53. The zero-order valence-corrected chi connectivity index (χ0v) is 8.43. The highest BCUT2D eigenvalue weighted by Gasteiger charge is 2.35. The average Bonchev–Trinajstić information content (AvgIpc) is 2.52. The van der Waals surface area contributed by atoms with E-state index in [1.807, 2.05) is 6.92 Å². The Hall–Kier alpha value is -1.10. The lowest BCUT2D eigenvalue weighted by Crippen LogP contribution is -2.51. The summed E-state index contributed by atoms with van der Waals surface area (Å²) in [5, 5.41) is 5.84. The zero-order valence-electron chi connectivity index (χ0n) is 8.43. The van der Waals surface area contributed by atoms with Gasteiger partial charge in [-0.1, -0.05) is 0 Å². The van der Waals surface area contributed by atoms with Gasteiger partial charge in [0.2, 0.25) is 11.8 Å². The first-order chi connectivity index (χ1) is 6.54. The van der Waals surface area contributed by atoms with E-state index in [0.29, 0.717) is 6.54 Å². The second kappa shape index (κ2) is 4.41.